The van der Waals surface area contributed by atoms with E-state index in [1.807, 2.05) is 37.3 Å². The molecule has 0 fully saturated rings. The molecule has 1 nitrogen and oxygen atoms in total. The van der Waals surface area contributed by atoms with Crippen LogP contribution in [0.3, 0.4) is 0 Å². The van der Waals surface area contributed by atoms with Gasteiger partial charge in [0.15, 0.2) is 0 Å². The van der Waals surface area contributed by atoms with Gasteiger partial charge in [-0.15, -0.1) is 0 Å². The maximum atomic E-state index is 11.0. The maximum absolute atomic E-state index is 11.0. The molecule has 0 aromatic heterocycles. The largest absolute Gasteiger partial charge is 0.282 e. The number of hydrogen-bond acceptors (Lipinski definition) is 2. The summed E-state index contributed by atoms with van der Waals surface area (Å²) in [6, 6.07) is 7.99. The van der Waals surface area contributed by atoms with E-state index in [1.54, 1.807) is 12.3 Å². The molecule has 0 heterocycles. The SMILES string of the molecule is CSC(=O)/C=C/c1ccccc1C. The summed E-state index contributed by atoms with van der Waals surface area (Å²) in [4.78, 5) is 11.0. The van der Waals surface area contributed by atoms with Crippen molar-refractivity contribution >= 4 is 23.0 Å². The number of thioether (sulfide) groups is 1. The minimum Gasteiger partial charge on any atom is -0.282 e. The van der Waals surface area contributed by atoms with Crippen molar-refractivity contribution in [2.45, 2.75) is 6.92 Å². The van der Waals surface area contributed by atoms with Crippen LogP contribution in [0.2, 0.25) is 0 Å². The van der Waals surface area contributed by atoms with Gasteiger partial charge in [-0.25, -0.2) is 0 Å². The van der Waals surface area contributed by atoms with Crippen molar-refractivity contribution in [2.24, 2.45) is 0 Å². The highest BCUT2D eigenvalue weighted by Gasteiger charge is 1.93. The highest BCUT2D eigenvalue weighted by Crippen LogP contribution is 2.09. The van der Waals surface area contributed by atoms with Crippen LogP contribution in [0, 0.1) is 6.92 Å². The van der Waals surface area contributed by atoms with Crippen LogP contribution in [-0.4, -0.2) is 11.4 Å². The fourth-order valence-corrected chi connectivity index (χ4v) is 1.20. The normalized spacial score (nSPS) is 10.6. The van der Waals surface area contributed by atoms with Gasteiger partial charge in [-0.1, -0.05) is 42.1 Å². The Labute approximate surface area is 82.9 Å². The van der Waals surface area contributed by atoms with Crippen LogP contribution >= 0.6 is 11.8 Å². The van der Waals surface area contributed by atoms with E-state index >= 15 is 0 Å². The van der Waals surface area contributed by atoms with Crippen molar-refractivity contribution in [1.82, 2.24) is 0 Å². The molecule has 0 atom stereocenters. The average Bonchev–Trinajstić information content (AvgIpc) is 2.16. The number of carbonyl (C=O) groups is 1. The van der Waals surface area contributed by atoms with Gasteiger partial charge in [-0.3, -0.25) is 4.79 Å². The minimum absolute atomic E-state index is 0.0863. The molecule has 13 heavy (non-hydrogen) atoms. The van der Waals surface area contributed by atoms with Crippen LogP contribution in [0.5, 0.6) is 0 Å². The monoisotopic (exact) mass is 192 g/mol. The van der Waals surface area contributed by atoms with E-state index in [0.717, 1.165) is 5.56 Å². The van der Waals surface area contributed by atoms with Gasteiger partial charge < -0.3 is 0 Å². The average molecular weight is 192 g/mol. The van der Waals surface area contributed by atoms with E-state index in [4.69, 9.17) is 0 Å². The first-order valence-corrected chi connectivity index (χ1v) is 5.28. The van der Waals surface area contributed by atoms with Crippen LogP contribution in [0.15, 0.2) is 30.3 Å². The molecule has 0 saturated carbocycles. The van der Waals surface area contributed by atoms with E-state index < -0.39 is 0 Å². The zero-order valence-corrected chi connectivity index (χ0v) is 8.60. The topological polar surface area (TPSA) is 17.1 Å². The van der Waals surface area contributed by atoms with Gasteiger partial charge in [0.2, 0.25) is 5.12 Å². The Balaban J connectivity index is 2.80. The molecule has 0 amide bonds. The second-order valence-electron chi connectivity index (χ2n) is 2.71. The second kappa shape index (κ2) is 4.87. The van der Waals surface area contributed by atoms with Crippen LogP contribution in [0.4, 0.5) is 0 Å². The van der Waals surface area contributed by atoms with Crippen molar-refractivity contribution in [3.8, 4) is 0 Å². The molecule has 2 heteroatoms. The molecular formula is C11H12OS. The standard InChI is InChI=1S/C11H12OS/c1-9-5-3-4-6-10(9)7-8-11(12)13-2/h3-8H,1-2H3/b8-7+. The number of carbonyl (C=O) groups excluding carboxylic acids is 1. The van der Waals surface area contributed by atoms with Crippen molar-refractivity contribution < 1.29 is 4.79 Å². The third-order valence-electron chi connectivity index (χ3n) is 1.79. The summed E-state index contributed by atoms with van der Waals surface area (Å²) in [6.45, 7) is 2.03. The lowest BCUT2D eigenvalue weighted by molar-refractivity contribution is -0.106. The predicted molar refractivity (Wildman–Crippen MR) is 58.7 cm³/mol. The summed E-state index contributed by atoms with van der Waals surface area (Å²) < 4.78 is 0. The molecule has 1 rings (SSSR count). The van der Waals surface area contributed by atoms with E-state index in [1.165, 1.54) is 17.3 Å². The molecule has 1 aromatic carbocycles. The fraction of sp³-hybridized carbons (Fsp3) is 0.182. The Morgan fingerprint density at radius 2 is 2.08 bits per heavy atom. The van der Waals surface area contributed by atoms with Gasteiger partial charge >= 0.3 is 0 Å². The first kappa shape index (κ1) is 10.1. The van der Waals surface area contributed by atoms with Crippen molar-refractivity contribution in [3.05, 3.63) is 41.5 Å². The van der Waals surface area contributed by atoms with Crippen LogP contribution in [0.25, 0.3) is 6.08 Å². The van der Waals surface area contributed by atoms with Crippen molar-refractivity contribution in [3.63, 3.8) is 0 Å². The first-order valence-electron chi connectivity index (χ1n) is 4.05. The highest BCUT2D eigenvalue weighted by atomic mass is 32.2. The summed E-state index contributed by atoms with van der Waals surface area (Å²) in [7, 11) is 0. The summed E-state index contributed by atoms with van der Waals surface area (Å²) in [5.41, 5.74) is 2.29. The summed E-state index contributed by atoms with van der Waals surface area (Å²) >= 11 is 1.22. The molecule has 0 bridgehead atoms. The maximum Gasteiger partial charge on any atom is 0.211 e. The zero-order valence-electron chi connectivity index (χ0n) is 7.78. The van der Waals surface area contributed by atoms with Crippen LogP contribution in [0.1, 0.15) is 11.1 Å². The van der Waals surface area contributed by atoms with Gasteiger partial charge in [-0.2, -0.15) is 0 Å². The molecule has 0 aliphatic carbocycles. The molecule has 1 aromatic rings. The van der Waals surface area contributed by atoms with Crippen LogP contribution < -0.4 is 0 Å². The lowest BCUT2D eigenvalue weighted by Crippen LogP contribution is -1.83. The van der Waals surface area contributed by atoms with Gasteiger partial charge in [0, 0.05) is 0 Å². The van der Waals surface area contributed by atoms with Crippen molar-refractivity contribution in [1.29, 1.82) is 0 Å². The summed E-state index contributed by atoms with van der Waals surface area (Å²) in [5.74, 6) is 0. The minimum atomic E-state index is 0.0863. The summed E-state index contributed by atoms with van der Waals surface area (Å²) in [5, 5.41) is 0.0863. The molecule has 68 valence electrons. The first-order chi connectivity index (χ1) is 6.24. The van der Waals surface area contributed by atoms with E-state index in [-0.39, 0.29) is 5.12 Å². The van der Waals surface area contributed by atoms with E-state index in [2.05, 4.69) is 0 Å². The number of benzene rings is 1. The molecule has 0 aliphatic heterocycles. The van der Waals surface area contributed by atoms with E-state index in [0.29, 0.717) is 0 Å². The van der Waals surface area contributed by atoms with Gasteiger partial charge in [0.25, 0.3) is 0 Å². The molecule has 0 radical (unpaired) electrons. The lowest BCUT2D eigenvalue weighted by Gasteiger charge is -1.97. The Morgan fingerprint density at radius 3 is 2.69 bits per heavy atom. The Hall–Kier alpha value is -1.02. The number of rotatable bonds is 2. The number of aryl methyl sites for hydroxylation is 1. The van der Waals surface area contributed by atoms with Gasteiger partial charge in [-0.05, 0) is 30.4 Å². The predicted octanol–water partition coefficient (Wildman–Crippen LogP) is 2.90. The number of hydrogen-bond donors (Lipinski definition) is 0. The lowest BCUT2D eigenvalue weighted by atomic mass is 10.1. The fourth-order valence-electron chi connectivity index (χ4n) is 1.000. The molecule has 0 aliphatic rings. The molecule has 0 spiro atoms. The van der Waals surface area contributed by atoms with E-state index in [9.17, 15) is 4.79 Å². The zero-order chi connectivity index (χ0) is 9.68. The van der Waals surface area contributed by atoms with Gasteiger partial charge in [0.05, 0.1) is 0 Å². The molecular weight excluding hydrogens is 180 g/mol. The summed E-state index contributed by atoms with van der Waals surface area (Å²) in [6.07, 6.45) is 5.24. The highest BCUT2D eigenvalue weighted by molar-refractivity contribution is 8.13. The van der Waals surface area contributed by atoms with Crippen molar-refractivity contribution in [2.75, 3.05) is 6.26 Å². The van der Waals surface area contributed by atoms with Gasteiger partial charge in [0.1, 0.15) is 0 Å². The van der Waals surface area contributed by atoms with Crippen LogP contribution in [-0.2, 0) is 4.79 Å². The molecule has 0 N–H and O–H groups in total. The third kappa shape index (κ3) is 3.07. The molecule has 0 saturated heterocycles. The Morgan fingerprint density at radius 1 is 1.38 bits per heavy atom. The molecule has 0 unspecified atom stereocenters. The third-order valence-corrected chi connectivity index (χ3v) is 2.33. The quantitative estimate of drug-likeness (QED) is 0.670. The Bertz CT molecular complexity index is 329. The Kier molecular flexibility index (Phi) is 3.77. The smallest absolute Gasteiger partial charge is 0.211 e. The second-order valence-corrected chi connectivity index (χ2v) is 3.52.